The fraction of sp³-hybridized carbons (Fsp3) is 0.533. The summed E-state index contributed by atoms with van der Waals surface area (Å²) in [4.78, 5) is 15.7. The molecule has 1 saturated heterocycles. The Kier molecular flexibility index (Phi) is 5.40. The van der Waals surface area contributed by atoms with Gasteiger partial charge in [0.05, 0.1) is 5.56 Å². The molecule has 2 rings (SSSR count). The predicted molar refractivity (Wildman–Crippen MR) is 80.4 cm³/mol. The van der Waals surface area contributed by atoms with Crippen molar-refractivity contribution < 1.29 is 9.90 Å². The number of halogens is 1. The molecule has 0 radical (unpaired) electrons. The van der Waals surface area contributed by atoms with Gasteiger partial charge in [0.25, 0.3) is 0 Å². The summed E-state index contributed by atoms with van der Waals surface area (Å²) in [5.41, 5.74) is 1.24. The number of benzene rings is 1. The molecule has 0 atom stereocenters. The van der Waals surface area contributed by atoms with Gasteiger partial charge in [-0.05, 0) is 30.7 Å². The summed E-state index contributed by atoms with van der Waals surface area (Å²) in [5.74, 6) is -0.938. The highest BCUT2D eigenvalue weighted by Crippen LogP contribution is 2.20. The number of piperazine rings is 1. The molecule has 1 aliphatic rings. The van der Waals surface area contributed by atoms with Gasteiger partial charge in [0, 0.05) is 37.7 Å². The van der Waals surface area contributed by atoms with Gasteiger partial charge in [0.15, 0.2) is 0 Å². The first-order valence-electron chi connectivity index (χ1n) is 7.06. The van der Waals surface area contributed by atoms with Crippen LogP contribution in [0.15, 0.2) is 18.2 Å². The van der Waals surface area contributed by atoms with Crippen molar-refractivity contribution in [3.05, 3.63) is 34.3 Å². The molecule has 20 heavy (non-hydrogen) atoms. The SMILES string of the molecule is CCCN1CCN(Cc2ccc(C(=O)O)cc2Cl)CC1. The third-order valence-electron chi connectivity index (χ3n) is 3.70. The molecule has 1 heterocycles. The van der Waals surface area contributed by atoms with Gasteiger partial charge in [0.1, 0.15) is 0 Å². The lowest BCUT2D eigenvalue weighted by atomic mass is 10.1. The summed E-state index contributed by atoms with van der Waals surface area (Å²) in [5, 5.41) is 9.47. The third kappa shape index (κ3) is 3.95. The Morgan fingerprint density at radius 2 is 1.90 bits per heavy atom. The Labute approximate surface area is 124 Å². The minimum absolute atomic E-state index is 0.242. The standard InChI is InChI=1S/C15H21ClN2O2/c1-2-5-17-6-8-18(9-7-17)11-13-4-3-12(15(19)20)10-14(13)16/h3-4,10H,2,5-9,11H2,1H3,(H,19,20). The van der Waals surface area contributed by atoms with Crippen molar-refractivity contribution >= 4 is 17.6 Å². The topological polar surface area (TPSA) is 43.8 Å². The Morgan fingerprint density at radius 1 is 1.25 bits per heavy atom. The van der Waals surface area contributed by atoms with Crippen LogP contribution in [0.1, 0.15) is 29.3 Å². The second-order valence-electron chi connectivity index (χ2n) is 5.23. The summed E-state index contributed by atoms with van der Waals surface area (Å²) >= 11 is 6.17. The lowest BCUT2D eigenvalue weighted by molar-refractivity contribution is 0.0697. The molecule has 0 bridgehead atoms. The number of aromatic carboxylic acids is 1. The van der Waals surface area contributed by atoms with Crippen LogP contribution >= 0.6 is 11.6 Å². The van der Waals surface area contributed by atoms with Gasteiger partial charge in [-0.15, -0.1) is 0 Å². The van der Waals surface area contributed by atoms with E-state index in [1.807, 2.05) is 6.07 Å². The first kappa shape index (κ1) is 15.3. The van der Waals surface area contributed by atoms with Crippen molar-refractivity contribution in [3.8, 4) is 0 Å². The maximum absolute atomic E-state index is 10.9. The minimum atomic E-state index is -0.938. The highest BCUT2D eigenvalue weighted by molar-refractivity contribution is 6.31. The third-order valence-corrected chi connectivity index (χ3v) is 4.05. The molecule has 1 aromatic rings. The van der Waals surface area contributed by atoms with Crippen LogP contribution in [0.25, 0.3) is 0 Å². The minimum Gasteiger partial charge on any atom is -0.478 e. The lowest BCUT2D eigenvalue weighted by Crippen LogP contribution is -2.46. The van der Waals surface area contributed by atoms with Crippen molar-refractivity contribution in [1.29, 1.82) is 0 Å². The molecule has 0 aromatic heterocycles. The number of carboxylic acid groups (broad SMARTS) is 1. The van der Waals surface area contributed by atoms with E-state index in [0.29, 0.717) is 5.02 Å². The van der Waals surface area contributed by atoms with Crippen molar-refractivity contribution in [2.45, 2.75) is 19.9 Å². The molecule has 0 spiro atoms. The normalized spacial score (nSPS) is 17.3. The number of carbonyl (C=O) groups is 1. The number of hydrogen-bond donors (Lipinski definition) is 1. The van der Waals surface area contributed by atoms with Crippen molar-refractivity contribution in [1.82, 2.24) is 9.80 Å². The van der Waals surface area contributed by atoms with Crippen LogP contribution in [0.5, 0.6) is 0 Å². The fourth-order valence-electron chi connectivity index (χ4n) is 2.54. The number of rotatable bonds is 5. The predicted octanol–water partition coefficient (Wildman–Crippen LogP) is 2.57. The van der Waals surface area contributed by atoms with Crippen LogP contribution in [0.2, 0.25) is 5.02 Å². The summed E-state index contributed by atoms with van der Waals surface area (Å²) in [6.07, 6.45) is 1.20. The monoisotopic (exact) mass is 296 g/mol. The van der Waals surface area contributed by atoms with Crippen LogP contribution < -0.4 is 0 Å². The van der Waals surface area contributed by atoms with Gasteiger partial charge in [-0.1, -0.05) is 24.6 Å². The summed E-state index contributed by atoms with van der Waals surface area (Å²) < 4.78 is 0. The van der Waals surface area contributed by atoms with E-state index in [2.05, 4.69) is 16.7 Å². The van der Waals surface area contributed by atoms with Crippen molar-refractivity contribution in [3.63, 3.8) is 0 Å². The molecule has 5 heteroatoms. The van der Waals surface area contributed by atoms with Gasteiger partial charge >= 0.3 is 5.97 Å². The molecule has 1 N–H and O–H groups in total. The molecule has 1 aliphatic heterocycles. The first-order valence-corrected chi connectivity index (χ1v) is 7.44. The van der Waals surface area contributed by atoms with E-state index in [0.717, 1.165) is 38.3 Å². The number of carboxylic acids is 1. The Bertz CT molecular complexity index is 471. The number of nitrogens with zero attached hydrogens (tertiary/aromatic N) is 2. The highest BCUT2D eigenvalue weighted by Gasteiger charge is 2.17. The summed E-state index contributed by atoms with van der Waals surface area (Å²) in [7, 11) is 0. The smallest absolute Gasteiger partial charge is 0.335 e. The highest BCUT2D eigenvalue weighted by atomic mass is 35.5. The Morgan fingerprint density at radius 3 is 2.45 bits per heavy atom. The van der Waals surface area contributed by atoms with Crippen LogP contribution in [-0.4, -0.2) is 53.6 Å². The molecule has 1 aromatic carbocycles. The maximum atomic E-state index is 10.9. The lowest BCUT2D eigenvalue weighted by Gasteiger charge is -2.34. The summed E-state index contributed by atoms with van der Waals surface area (Å²) in [6.45, 7) is 8.43. The van der Waals surface area contributed by atoms with Crippen LogP contribution in [0, 0.1) is 0 Å². The van der Waals surface area contributed by atoms with Crippen molar-refractivity contribution in [2.75, 3.05) is 32.7 Å². The second kappa shape index (κ2) is 7.07. The van der Waals surface area contributed by atoms with E-state index >= 15 is 0 Å². The van der Waals surface area contributed by atoms with Crippen LogP contribution in [0.3, 0.4) is 0 Å². The Balaban J connectivity index is 1.93. The van der Waals surface area contributed by atoms with Gasteiger partial charge in [0.2, 0.25) is 0 Å². The molecule has 0 amide bonds. The number of hydrogen-bond acceptors (Lipinski definition) is 3. The average Bonchev–Trinajstić information content (AvgIpc) is 2.43. The van der Waals surface area contributed by atoms with E-state index < -0.39 is 5.97 Å². The molecule has 110 valence electrons. The van der Waals surface area contributed by atoms with E-state index in [-0.39, 0.29) is 5.56 Å². The van der Waals surface area contributed by atoms with Gasteiger partial charge in [-0.3, -0.25) is 4.90 Å². The molecule has 0 aliphatic carbocycles. The molecule has 0 saturated carbocycles. The zero-order valence-corrected chi connectivity index (χ0v) is 12.6. The van der Waals surface area contributed by atoms with Crippen LogP contribution in [0.4, 0.5) is 0 Å². The molecule has 0 unspecified atom stereocenters. The second-order valence-corrected chi connectivity index (χ2v) is 5.64. The quantitative estimate of drug-likeness (QED) is 0.907. The molecular weight excluding hydrogens is 276 g/mol. The van der Waals surface area contributed by atoms with Gasteiger partial charge in [-0.2, -0.15) is 0 Å². The molecule has 4 nitrogen and oxygen atoms in total. The molecule has 1 fully saturated rings. The first-order chi connectivity index (χ1) is 9.60. The summed E-state index contributed by atoms with van der Waals surface area (Å²) in [6, 6.07) is 4.98. The van der Waals surface area contributed by atoms with Gasteiger partial charge < -0.3 is 10.0 Å². The van der Waals surface area contributed by atoms with Gasteiger partial charge in [-0.25, -0.2) is 4.79 Å². The molecular formula is C15H21ClN2O2. The van der Waals surface area contributed by atoms with E-state index in [4.69, 9.17) is 16.7 Å². The maximum Gasteiger partial charge on any atom is 0.335 e. The van der Waals surface area contributed by atoms with E-state index in [1.165, 1.54) is 19.0 Å². The van der Waals surface area contributed by atoms with E-state index in [9.17, 15) is 4.79 Å². The zero-order chi connectivity index (χ0) is 14.5. The largest absolute Gasteiger partial charge is 0.478 e. The Hall–Kier alpha value is -1.10. The van der Waals surface area contributed by atoms with Crippen molar-refractivity contribution in [2.24, 2.45) is 0 Å². The fourth-order valence-corrected chi connectivity index (χ4v) is 2.78. The average molecular weight is 297 g/mol. The van der Waals surface area contributed by atoms with Crippen LogP contribution in [-0.2, 0) is 6.54 Å². The van der Waals surface area contributed by atoms with E-state index in [1.54, 1.807) is 6.07 Å². The zero-order valence-electron chi connectivity index (χ0n) is 11.8.